The SMILES string of the molecule is O=C(O)Cc1ccc(Nc2nc(CN3CCN(c4ncccn4)CC3)nc3ccccc23)cc1. The van der Waals surface area contributed by atoms with Crippen molar-refractivity contribution in [3.63, 3.8) is 0 Å². The molecule has 0 saturated carbocycles. The van der Waals surface area contributed by atoms with Crippen LogP contribution in [0.2, 0.25) is 0 Å². The fourth-order valence-corrected chi connectivity index (χ4v) is 4.07. The van der Waals surface area contributed by atoms with Gasteiger partial charge in [0, 0.05) is 49.6 Å². The summed E-state index contributed by atoms with van der Waals surface area (Å²) in [4.78, 5) is 33.8. The summed E-state index contributed by atoms with van der Waals surface area (Å²) < 4.78 is 0. The van der Waals surface area contributed by atoms with Gasteiger partial charge in [-0.15, -0.1) is 0 Å². The van der Waals surface area contributed by atoms with E-state index in [-0.39, 0.29) is 6.42 Å². The second kappa shape index (κ2) is 9.80. The smallest absolute Gasteiger partial charge is 0.307 e. The van der Waals surface area contributed by atoms with Gasteiger partial charge in [-0.05, 0) is 35.9 Å². The molecule has 5 rings (SSSR count). The fraction of sp³-hybridized carbons (Fsp3) is 0.240. The number of rotatable bonds is 7. The molecule has 1 saturated heterocycles. The van der Waals surface area contributed by atoms with E-state index in [9.17, 15) is 4.79 Å². The molecule has 0 atom stereocenters. The number of carbonyl (C=O) groups is 1. The number of aromatic nitrogens is 4. The largest absolute Gasteiger partial charge is 0.481 e. The molecule has 0 spiro atoms. The number of benzene rings is 2. The molecule has 0 amide bonds. The van der Waals surface area contributed by atoms with Crippen LogP contribution in [0.4, 0.5) is 17.5 Å². The molecule has 0 radical (unpaired) electrons. The van der Waals surface area contributed by atoms with E-state index in [1.807, 2.05) is 54.6 Å². The number of carboxylic acids is 1. The van der Waals surface area contributed by atoms with Gasteiger partial charge in [0.25, 0.3) is 0 Å². The Morgan fingerprint density at radius 1 is 0.912 bits per heavy atom. The van der Waals surface area contributed by atoms with Crippen LogP contribution in [0.15, 0.2) is 67.0 Å². The van der Waals surface area contributed by atoms with E-state index in [0.29, 0.717) is 6.54 Å². The molecule has 1 fully saturated rings. The van der Waals surface area contributed by atoms with Crippen molar-refractivity contribution in [1.29, 1.82) is 0 Å². The minimum absolute atomic E-state index is 0.00449. The molecule has 2 N–H and O–H groups in total. The number of anilines is 3. The highest BCUT2D eigenvalue weighted by Gasteiger charge is 2.20. The molecule has 2 aromatic carbocycles. The van der Waals surface area contributed by atoms with Crippen molar-refractivity contribution < 1.29 is 9.90 Å². The van der Waals surface area contributed by atoms with Gasteiger partial charge in [-0.2, -0.15) is 0 Å². The Kier molecular flexibility index (Phi) is 6.26. The summed E-state index contributed by atoms with van der Waals surface area (Å²) in [5.41, 5.74) is 2.49. The number of aliphatic carboxylic acids is 1. The van der Waals surface area contributed by atoms with Crippen molar-refractivity contribution in [2.45, 2.75) is 13.0 Å². The topological polar surface area (TPSA) is 107 Å². The van der Waals surface area contributed by atoms with E-state index < -0.39 is 5.97 Å². The third-order valence-electron chi connectivity index (χ3n) is 5.79. The van der Waals surface area contributed by atoms with Crippen LogP contribution in [0.25, 0.3) is 10.9 Å². The number of carboxylic acid groups (broad SMARTS) is 1. The van der Waals surface area contributed by atoms with Crippen molar-refractivity contribution in [3.8, 4) is 0 Å². The molecule has 4 aromatic rings. The number of nitrogens with zero attached hydrogens (tertiary/aromatic N) is 6. The minimum atomic E-state index is -0.843. The molecule has 3 heterocycles. The van der Waals surface area contributed by atoms with E-state index in [2.05, 4.69) is 25.1 Å². The van der Waals surface area contributed by atoms with E-state index in [4.69, 9.17) is 15.1 Å². The quantitative estimate of drug-likeness (QED) is 0.435. The average molecular weight is 456 g/mol. The molecule has 9 heteroatoms. The number of fused-ring (bicyclic) bond motifs is 1. The molecule has 9 nitrogen and oxygen atoms in total. The second-order valence-corrected chi connectivity index (χ2v) is 8.21. The van der Waals surface area contributed by atoms with Crippen molar-refractivity contribution in [1.82, 2.24) is 24.8 Å². The molecule has 172 valence electrons. The maximum absolute atomic E-state index is 10.9. The van der Waals surface area contributed by atoms with Gasteiger partial charge in [-0.3, -0.25) is 9.69 Å². The van der Waals surface area contributed by atoms with Crippen molar-refractivity contribution in [3.05, 3.63) is 78.4 Å². The first-order valence-electron chi connectivity index (χ1n) is 11.2. The minimum Gasteiger partial charge on any atom is -0.481 e. The van der Waals surface area contributed by atoms with Gasteiger partial charge >= 0.3 is 5.97 Å². The van der Waals surface area contributed by atoms with Crippen LogP contribution in [0.5, 0.6) is 0 Å². The van der Waals surface area contributed by atoms with Gasteiger partial charge < -0.3 is 15.3 Å². The normalized spacial score (nSPS) is 14.3. The van der Waals surface area contributed by atoms with Crippen LogP contribution in [-0.4, -0.2) is 62.1 Å². The fourth-order valence-electron chi connectivity index (χ4n) is 4.07. The van der Waals surface area contributed by atoms with Gasteiger partial charge in [-0.25, -0.2) is 19.9 Å². The molecule has 2 aromatic heterocycles. The third kappa shape index (κ3) is 5.10. The van der Waals surface area contributed by atoms with Crippen LogP contribution in [0.1, 0.15) is 11.4 Å². The highest BCUT2D eigenvalue weighted by Crippen LogP contribution is 2.25. The summed E-state index contributed by atoms with van der Waals surface area (Å²) in [5, 5.41) is 13.3. The summed E-state index contributed by atoms with van der Waals surface area (Å²) in [5.74, 6) is 1.42. The monoisotopic (exact) mass is 455 g/mol. The van der Waals surface area contributed by atoms with Gasteiger partial charge in [0.2, 0.25) is 5.95 Å². The number of hydrogen-bond acceptors (Lipinski definition) is 8. The van der Waals surface area contributed by atoms with Crippen LogP contribution in [-0.2, 0) is 17.8 Å². The maximum atomic E-state index is 10.9. The lowest BCUT2D eigenvalue weighted by atomic mass is 10.1. The predicted molar refractivity (Wildman–Crippen MR) is 130 cm³/mol. The Morgan fingerprint density at radius 3 is 2.38 bits per heavy atom. The number of piperazine rings is 1. The Balaban J connectivity index is 1.31. The lowest BCUT2D eigenvalue weighted by Gasteiger charge is -2.34. The van der Waals surface area contributed by atoms with Crippen molar-refractivity contribution in [2.24, 2.45) is 0 Å². The first-order valence-corrected chi connectivity index (χ1v) is 11.2. The predicted octanol–water partition coefficient (Wildman–Crippen LogP) is 3.11. The second-order valence-electron chi connectivity index (χ2n) is 8.21. The molecule has 0 bridgehead atoms. The zero-order valence-electron chi connectivity index (χ0n) is 18.6. The van der Waals surface area contributed by atoms with Gasteiger partial charge in [0.15, 0.2) is 0 Å². The molecular formula is C25H25N7O2. The molecule has 0 unspecified atom stereocenters. The molecular weight excluding hydrogens is 430 g/mol. The zero-order valence-corrected chi connectivity index (χ0v) is 18.6. The van der Waals surface area contributed by atoms with Crippen LogP contribution in [0.3, 0.4) is 0 Å². The maximum Gasteiger partial charge on any atom is 0.307 e. The lowest BCUT2D eigenvalue weighted by molar-refractivity contribution is -0.136. The number of para-hydroxylation sites is 1. The average Bonchev–Trinajstić information content (AvgIpc) is 2.86. The Labute approximate surface area is 197 Å². The Morgan fingerprint density at radius 2 is 1.65 bits per heavy atom. The van der Waals surface area contributed by atoms with Crippen LogP contribution >= 0.6 is 0 Å². The summed E-state index contributed by atoms with van der Waals surface area (Å²) in [6.07, 6.45) is 3.54. The first-order chi connectivity index (χ1) is 16.6. The summed E-state index contributed by atoms with van der Waals surface area (Å²) in [6.45, 7) is 4.11. The van der Waals surface area contributed by atoms with E-state index in [1.165, 1.54) is 0 Å². The Bertz CT molecular complexity index is 1270. The highest BCUT2D eigenvalue weighted by atomic mass is 16.4. The Hall–Kier alpha value is -4.11. The van der Waals surface area contributed by atoms with Crippen LogP contribution in [0, 0.1) is 0 Å². The third-order valence-corrected chi connectivity index (χ3v) is 5.79. The molecule has 1 aliphatic heterocycles. The summed E-state index contributed by atoms with van der Waals surface area (Å²) >= 11 is 0. The molecule has 34 heavy (non-hydrogen) atoms. The first kappa shape index (κ1) is 21.7. The zero-order chi connectivity index (χ0) is 23.3. The number of nitrogens with one attached hydrogen (secondary N) is 1. The molecule has 0 aliphatic carbocycles. The van der Waals surface area contributed by atoms with Crippen LogP contribution < -0.4 is 10.2 Å². The van der Waals surface area contributed by atoms with E-state index in [1.54, 1.807) is 12.4 Å². The van der Waals surface area contributed by atoms with Crippen molar-refractivity contribution in [2.75, 3.05) is 36.4 Å². The standard InChI is InChI=1S/C25H25N7O2/c33-23(34)16-18-6-8-19(9-7-18)28-24-20-4-1-2-5-21(20)29-22(30-24)17-31-12-14-32(15-13-31)25-26-10-3-11-27-25/h1-11H,12-17H2,(H,33,34)(H,28,29,30). The number of hydrogen-bond donors (Lipinski definition) is 2. The van der Waals surface area contributed by atoms with Crippen molar-refractivity contribution >= 4 is 34.3 Å². The van der Waals surface area contributed by atoms with Gasteiger partial charge in [-0.1, -0.05) is 24.3 Å². The van der Waals surface area contributed by atoms with E-state index in [0.717, 1.165) is 65.9 Å². The lowest BCUT2D eigenvalue weighted by Crippen LogP contribution is -2.46. The summed E-state index contributed by atoms with van der Waals surface area (Å²) in [6, 6.07) is 17.1. The highest BCUT2D eigenvalue weighted by molar-refractivity contribution is 5.90. The van der Waals surface area contributed by atoms with Gasteiger partial charge in [0.1, 0.15) is 11.6 Å². The molecule has 1 aliphatic rings. The van der Waals surface area contributed by atoms with Gasteiger partial charge in [0.05, 0.1) is 18.5 Å². The summed E-state index contributed by atoms with van der Waals surface area (Å²) in [7, 11) is 0. The van der Waals surface area contributed by atoms with E-state index >= 15 is 0 Å².